The molecular weight excluding hydrogens is 678 g/mol. The summed E-state index contributed by atoms with van der Waals surface area (Å²) in [6.45, 7) is 4.01. The van der Waals surface area contributed by atoms with Gasteiger partial charge < -0.3 is 42.8 Å². The molecule has 0 N–H and O–H groups in total. The normalized spacial score (nSPS) is 20.2. The maximum absolute atomic E-state index is 14.5. The second kappa shape index (κ2) is 14.7. The molecule has 11 nitrogen and oxygen atoms in total. The van der Waals surface area contributed by atoms with Crippen LogP contribution >= 0.6 is 0 Å². The third kappa shape index (κ3) is 7.18. The van der Waals surface area contributed by atoms with Crippen molar-refractivity contribution in [2.45, 2.75) is 50.6 Å². The molecule has 0 bridgehead atoms. The summed E-state index contributed by atoms with van der Waals surface area (Å²) in [6.07, 6.45) is -3.74. The quantitative estimate of drug-likeness (QED) is 0.125. The number of benzene rings is 5. The van der Waals surface area contributed by atoms with E-state index in [0.29, 0.717) is 35.0 Å². The number of ether oxygens (including phenoxy) is 8. The number of amides is 1. The van der Waals surface area contributed by atoms with Gasteiger partial charge in [0, 0.05) is 23.9 Å². The fourth-order valence-corrected chi connectivity index (χ4v) is 6.96. The van der Waals surface area contributed by atoms with Gasteiger partial charge in [0.25, 0.3) is 5.91 Å². The highest BCUT2D eigenvalue weighted by Crippen LogP contribution is 2.39. The molecule has 2 aliphatic rings. The summed E-state index contributed by atoms with van der Waals surface area (Å²) in [5.41, 5.74) is 2.91. The summed E-state index contributed by atoms with van der Waals surface area (Å²) in [5, 5.41) is 1.75. The molecule has 0 aliphatic carbocycles. The highest BCUT2D eigenvalue weighted by atomic mass is 16.8. The van der Waals surface area contributed by atoms with Gasteiger partial charge in [-0.1, -0.05) is 36.4 Å². The van der Waals surface area contributed by atoms with Gasteiger partial charge >= 0.3 is 6.16 Å². The summed E-state index contributed by atoms with van der Waals surface area (Å²) in [7, 11) is 6.39. The third-order valence-corrected chi connectivity index (χ3v) is 9.65. The van der Waals surface area contributed by atoms with E-state index in [1.807, 2.05) is 111 Å². The Morgan fingerprint density at radius 3 is 2.19 bits per heavy atom. The summed E-state index contributed by atoms with van der Waals surface area (Å²) in [5.74, 6) is 2.37. The van der Waals surface area contributed by atoms with Crippen molar-refractivity contribution < 1.29 is 47.5 Å². The second-order valence-electron chi connectivity index (χ2n) is 13.4. The summed E-state index contributed by atoms with van der Waals surface area (Å²) >= 11 is 0. The molecule has 1 amide bonds. The van der Waals surface area contributed by atoms with Crippen LogP contribution < -0.4 is 23.8 Å². The van der Waals surface area contributed by atoms with E-state index in [4.69, 9.17) is 37.9 Å². The zero-order valence-electron chi connectivity index (χ0n) is 30.4. The van der Waals surface area contributed by atoms with Crippen molar-refractivity contribution >= 4 is 28.5 Å². The van der Waals surface area contributed by atoms with Crippen molar-refractivity contribution in [3.63, 3.8) is 0 Å². The van der Waals surface area contributed by atoms with Crippen LogP contribution in [0.25, 0.3) is 21.9 Å². The van der Waals surface area contributed by atoms with Crippen LogP contribution in [-0.4, -0.2) is 70.7 Å². The van der Waals surface area contributed by atoms with E-state index in [9.17, 15) is 9.59 Å². The van der Waals surface area contributed by atoms with Gasteiger partial charge in [-0.2, -0.15) is 0 Å². The molecule has 0 saturated carbocycles. The van der Waals surface area contributed by atoms with Crippen LogP contribution in [0.2, 0.25) is 0 Å². The van der Waals surface area contributed by atoms with E-state index in [-0.39, 0.29) is 5.91 Å². The molecule has 53 heavy (non-hydrogen) atoms. The average Bonchev–Trinajstić information content (AvgIpc) is 3.57. The Labute approximate surface area is 307 Å². The van der Waals surface area contributed by atoms with Crippen molar-refractivity contribution in [3.8, 4) is 34.1 Å². The van der Waals surface area contributed by atoms with E-state index < -0.39 is 36.4 Å². The van der Waals surface area contributed by atoms with Gasteiger partial charge in [0.05, 0.1) is 33.5 Å². The molecule has 274 valence electrons. The summed E-state index contributed by atoms with van der Waals surface area (Å²) in [6, 6.07) is 32.1. The van der Waals surface area contributed by atoms with Crippen LogP contribution in [0, 0.1) is 0 Å². The van der Waals surface area contributed by atoms with Crippen molar-refractivity contribution in [1.29, 1.82) is 0 Å². The molecule has 5 aromatic rings. The number of hydrogen-bond donors (Lipinski definition) is 0. The molecule has 2 fully saturated rings. The topological polar surface area (TPSA) is 111 Å². The van der Waals surface area contributed by atoms with Crippen molar-refractivity contribution in [3.05, 3.63) is 114 Å². The number of anilines is 1. The standard InChI is InChI=1S/C42H41NO10/c1-42(2)38(49-6)36-37(52-41(45)51-36)40(53-42)50-33-18-13-26-20-30(15-12-27(26)21-33)43(24-25-10-16-31(46-3)17-11-25)39(44)29-14-19-35(48-5)34(23-29)28-8-7-9-32(22-28)47-4/h7-23,36-38,40H,24H2,1-6H3/t36-,37+,38+,40+/m0/s1. The molecule has 4 atom stereocenters. The van der Waals surface area contributed by atoms with Crippen LogP contribution in [0.1, 0.15) is 29.8 Å². The Balaban J connectivity index is 1.21. The molecular formula is C42H41NO10. The van der Waals surface area contributed by atoms with E-state index in [1.165, 1.54) is 0 Å². The SMILES string of the molecule is COc1ccc(CN(C(=O)c2ccc(OC)c(-c3cccc(OC)c3)c2)c2ccc3cc(O[C@@H]4OC(C)(C)[C@H](OC)[C@H]5OC(=O)O[C@@H]45)ccc3c2)cc1. The molecule has 0 aromatic heterocycles. The minimum absolute atomic E-state index is 0.193. The van der Waals surface area contributed by atoms with Gasteiger partial charge in [-0.25, -0.2) is 4.79 Å². The van der Waals surface area contributed by atoms with Gasteiger partial charge in [-0.15, -0.1) is 0 Å². The minimum atomic E-state index is -0.923. The monoisotopic (exact) mass is 719 g/mol. The number of methoxy groups -OCH3 is 4. The van der Waals surface area contributed by atoms with Crippen LogP contribution in [0.15, 0.2) is 103 Å². The van der Waals surface area contributed by atoms with Crippen molar-refractivity contribution in [2.75, 3.05) is 33.3 Å². The van der Waals surface area contributed by atoms with Crippen molar-refractivity contribution in [1.82, 2.24) is 0 Å². The van der Waals surface area contributed by atoms with Crippen LogP contribution in [0.5, 0.6) is 23.0 Å². The third-order valence-electron chi connectivity index (χ3n) is 9.65. The Hall–Kier alpha value is -5.78. The van der Waals surface area contributed by atoms with Crippen LogP contribution in [-0.2, 0) is 25.5 Å². The molecule has 5 aromatic carbocycles. The van der Waals surface area contributed by atoms with Gasteiger partial charge in [-0.05, 0) is 102 Å². The highest BCUT2D eigenvalue weighted by Gasteiger charge is 2.58. The first-order valence-electron chi connectivity index (χ1n) is 17.2. The molecule has 11 heteroatoms. The lowest BCUT2D eigenvalue weighted by Gasteiger charge is -2.45. The van der Waals surface area contributed by atoms with Crippen LogP contribution in [0.4, 0.5) is 10.5 Å². The first-order chi connectivity index (χ1) is 25.6. The Bertz CT molecular complexity index is 2130. The first-order valence-corrected chi connectivity index (χ1v) is 17.2. The Morgan fingerprint density at radius 1 is 0.736 bits per heavy atom. The number of rotatable bonds is 11. The van der Waals surface area contributed by atoms with Gasteiger partial charge in [0.2, 0.25) is 12.4 Å². The van der Waals surface area contributed by atoms with E-state index in [1.54, 1.807) is 39.4 Å². The maximum Gasteiger partial charge on any atom is 0.509 e. The first kappa shape index (κ1) is 35.6. The summed E-state index contributed by atoms with van der Waals surface area (Å²) < 4.78 is 45.5. The fraction of sp³-hybridized carbons (Fsp3) is 0.286. The number of carbonyl (C=O) groups excluding carboxylic acids is 2. The predicted molar refractivity (Wildman–Crippen MR) is 198 cm³/mol. The number of hydrogen-bond acceptors (Lipinski definition) is 10. The highest BCUT2D eigenvalue weighted by molar-refractivity contribution is 6.08. The van der Waals surface area contributed by atoms with Crippen molar-refractivity contribution in [2.24, 2.45) is 0 Å². The Kier molecular flexibility index (Phi) is 9.87. The van der Waals surface area contributed by atoms with Gasteiger partial charge in [0.1, 0.15) is 29.1 Å². The molecule has 0 spiro atoms. The molecule has 2 aliphatic heterocycles. The fourth-order valence-electron chi connectivity index (χ4n) is 6.96. The average molecular weight is 720 g/mol. The lowest BCUT2D eigenvalue weighted by Crippen LogP contribution is -2.62. The van der Waals surface area contributed by atoms with Gasteiger partial charge in [-0.3, -0.25) is 4.79 Å². The number of fused-ring (bicyclic) bond motifs is 2. The molecule has 2 saturated heterocycles. The molecule has 0 radical (unpaired) electrons. The van der Waals surface area contributed by atoms with Crippen LogP contribution in [0.3, 0.4) is 0 Å². The zero-order chi connectivity index (χ0) is 37.3. The largest absolute Gasteiger partial charge is 0.509 e. The second-order valence-corrected chi connectivity index (χ2v) is 13.4. The Morgan fingerprint density at radius 2 is 1.45 bits per heavy atom. The smallest absolute Gasteiger partial charge is 0.497 e. The van der Waals surface area contributed by atoms with E-state index in [0.717, 1.165) is 33.2 Å². The lowest BCUT2D eigenvalue weighted by molar-refractivity contribution is -0.282. The van der Waals surface area contributed by atoms with E-state index in [2.05, 4.69) is 0 Å². The summed E-state index contributed by atoms with van der Waals surface area (Å²) in [4.78, 5) is 28.4. The maximum atomic E-state index is 14.5. The molecule has 7 rings (SSSR count). The van der Waals surface area contributed by atoms with Gasteiger partial charge in [0.15, 0.2) is 6.10 Å². The van der Waals surface area contributed by atoms with E-state index >= 15 is 0 Å². The predicted octanol–water partition coefficient (Wildman–Crippen LogP) is 7.81. The zero-order valence-corrected chi connectivity index (χ0v) is 30.4. The minimum Gasteiger partial charge on any atom is -0.497 e. The lowest BCUT2D eigenvalue weighted by atomic mass is 9.89. The number of carbonyl (C=O) groups is 2. The molecule has 0 unspecified atom stereocenters. The number of nitrogens with zero attached hydrogens (tertiary/aromatic N) is 1. The molecule has 2 heterocycles.